The Kier molecular flexibility index (Phi) is 6.51. The first-order valence-electron chi connectivity index (χ1n) is 9.33. The Morgan fingerprint density at radius 3 is 2.48 bits per heavy atom. The highest BCUT2D eigenvalue weighted by atomic mass is 32.2. The van der Waals surface area contributed by atoms with Crippen LogP contribution < -0.4 is 14.8 Å². The highest BCUT2D eigenvalue weighted by Crippen LogP contribution is 2.20. The minimum Gasteiger partial charge on any atom is -0.484 e. The van der Waals surface area contributed by atoms with Crippen LogP contribution in [0.1, 0.15) is 19.4 Å². The summed E-state index contributed by atoms with van der Waals surface area (Å²) in [6.45, 7) is 3.62. The number of hydrogen-bond donors (Lipinski definition) is 2. The molecule has 7 heteroatoms. The first-order valence-corrected chi connectivity index (χ1v) is 10.8. The van der Waals surface area contributed by atoms with E-state index in [0.717, 1.165) is 10.8 Å². The zero-order valence-corrected chi connectivity index (χ0v) is 17.2. The minimum atomic E-state index is -3.57. The first-order chi connectivity index (χ1) is 13.8. The molecule has 0 saturated heterocycles. The van der Waals surface area contributed by atoms with Crippen LogP contribution in [0.5, 0.6) is 5.75 Å². The highest BCUT2D eigenvalue weighted by Gasteiger charge is 2.15. The minimum absolute atomic E-state index is 0.120. The number of hydrogen-bond acceptors (Lipinski definition) is 4. The molecule has 0 aliphatic carbocycles. The van der Waals surface area contributed by atoms with Gasteiger partial charge in [0.25, 0.3) is 5.91 Å². The van der Waals surface area contributed by atoms with Gasteiger partial charge in [-0.05, 0) is 54.4 Å². The molecular formula is C22H24N2O4S. The molecule has 0 aliphatic rings. The number of benzene rings is 3. The Bertz CT molecular complexity index is 1110. The molecule has 0 atom stereocenters. The van der Waals surface area contributed by atoms with Gasteiger partial charge >= 0.3 is 0 Å². The quantitative estimate of drug-likeness (QED) is 0.595. The standard InChI is InChI=1S/C22H24N2O4S/c1-16(2)24-29(26,27)21-9-5-6-17(12-21)14-23-22(25)15-28-20-11-10-18-7-3-4-8-19(18)13-20/h3-13,16,24H,14-15H2,1-2H3,(H,23,25). The van der Waals surface area contributed by atoms with Crippen molar-refractivity contribution in [2.75, 3.05) is 6.61 Å². The number of carbonyl (C=O) groups excluding carboxylic acids is 1. The maximum absolute atomic E-state index is 12.3. The summed E-state index contributed by atoms with van der Waals surface area (Å²) in [5.74, 6) is 0.332. The number of rotatable bonds is 8. The molecule has 3 aromatic carbocycles. The molecule has 3 aromatic rings. The van der Waals surface area contributed by atoms with Gasteiger partial charge in [-0.25, -0.2) is 13.1 Å². The number of amides is 1. The summed E-state index contributed by atoms with van der Waals surface area (Å²) in [6, 6.07) is 19.9. The van der Waals surface area contributed by atoms with Crippen molar-refractivity contribution in [1.82, 2.24) is 10.0 Å². The lowest BCUT2D eigenvalue weighted by molar-refractivity contribution is -0.123. The second kappa shape index (κ2) is 9.07. The van der Waals surface area contributed by atoms with Crippen molar-refractivity contribution in [2.45, 2.75) is 31.3 Å². The summed E-state index contributed by atoms with van der Waals surface area (Å²) in [6.07, 6.45) is 0. The van der Waals surface area contributed by atoms with Crippen molar-refractivity contribution < 1.29 is 17.9 Å². The highest BCUT2D eigenvalue weighted by molar-refractivity contribution is 7.89. The lowest BCUT2D eigenvalue weighted by atomic mass is 10.1. The van der Waals surface area contributed by atoms with Gasteiger partial charge in [0, 0.05) is 12.6 Å². The van der Waals surface area contributed by atoms with Crippen LogP contribution in [0.4, 0.5) is 0 Å². The number of fused-ring (bicyclic) bond motifs is 1. The molecule has 0 aromatic heterocycles. The molecule has 3 rings (SSSR count). The molecule has 0 heterocycles. The van der Waals surface area contributed by atoms with Gasteiger partial charge in [-0.2, -0.15) is 0 Å². The average molecular weight is 413 g/mol. The molecule has 0 bridgehead atoms. The van der Waals surface area contributed by atoms with Crippen molar-refractivity contribution in [2.24, 2.45) is 0 Å². The Labute approximate surface area is 170 Å². The molecule has 0 spiro atoms. The van der Waals surface area contributed by atoms with Gasteiger partial charge < -0.3 is 10.1 Å². The number of carbonyl (C=O) groups is 1. The second-order valence-electron chi connectivity index (χ2n) is 7.00. The van der Waals surface area contributed by atoms with Crippen LogP contribution >= 0.6 is 0 Å². The Morgan fingerprint density at radius 2 is 1.72 bits per heavy atom. The third kappa shape index (κ3) is 5.79. The van der Waals surface area contributed by atoms with Gasteiger partial charge in [0.1, 0.15) is 5.75 Å². The number of nitrogens with one attached hydrogen (secondary N) is 2. The van der Waals surface area contributed by atoms with Gasteiger partial charge in [-0.3, -0.25) is 4.79 Å². The van der Waals surface area contributed by atoms with E-state index < -0.39 is 10.0 Å². The van der Waals surface area contributed by atoms with Crippen LogP contribution in [0, 0.1) is 0 Å². The van der Waals surface area contributed by atoms with E-state index in [0.29, 0.717) is 11.3 Å². The molecule has 2 N–H and O–H groups in total. The average Bonchev–Trinajstić information content (AvgIpc) is 2.70. The SMILES string of the molecule is CC(C)NS(=O)(=O)c1cccc(CNC(=O)COc2ccc3ccccc3c2)c1. The lowest BCUT2D eigenvalue weighted by Crippen LogP contribution is -2.30. The van der Waals surface area contributed by atoms with Gasteiger partial charge in [-0.1, -0.05) is 42.5 Å². The van der Waals surface area contributed by atoms with E-state index in [4.69, 9.17) is 4.74 Å². The molecule has 6 nitrogen and oxygen atoms in total. The van der Waals surface area contributed by atoms with Gasteiger partial charge in [0.2, 0.25) is 10.0 Å². The van der Waals surface area contributed by atoms with Crippen molar-refractivity contribution in [3.63, 3.8) is 0 Å². The predicted molar refractivity (Wildman–Crippen MR) is 113 cm³/mol. The number of ether oxygens (including phenoxy) is 1. The monoisotopic (exact) mass is 412 g/mol. The summed E-state index contributed by atoms with van der Waals surface area (Å²) < 4.78 is 32.6. The van der Waals surface area contributed by atoms with Gasteiger partial charge in [0.05, 0.1) is 4.90 Å². The summed E-state index contributed by atoms with van der Waals surface area (Å²) in [4.78, 5) is 12.3. The van der Waals surface area contributed by atoms with E-state index >= 15 is 0 Å². The van der Waals surface area contributed by atoms with Crippen LogP contribution in [0.15, 0.2) is 71.6 Å². The maximum Gasteiger partial charge on any atom is 0.258 e. The second-order valence-corrected chi connectivity index (χ2v) is 8.71. The van der Waals surface area contributed by atoms with Crippen LogP contribution in [0.2, 0.25) is 0 Å². The third-order valence-electron chi connectivity index (χ3n) is 4.18. The molecule has 0 aliphatic heterocycles. The summed E-state index contributed by atoms with van der Waals surface area (Å²) in [5, 5.41) is 4.89. The first kappa shape index (κ1) is 20.8. The van der Waals surface area contributed by atoms with Crippen LogP contribution in [-0.4, -0.2) is 27.0 Å². The van der Waals surface area contributed by atoms with Crippen LogP contribution in [0.3, 0.4) is 0 Å². The normalized spacial score (nSPS) is 11.6. The van der Waals surface area contributed by atoms with Crippen LogP contribution in [-0.2, 0) is 21.4 Å². The molecule has 152 valence electrons. The van der Waals surface area contributed by atoms with E-state index in [1.54, 1.807) is 32.0 Å². The van der Waals surface area contributed by atoms with Crippen molar-refractivity contribution >= 4 is 26.7 Å². The zero-order valence-electron chi connectivity index (χ0n) is 16.4. The maximum atomic E-state index is 12.3. The van der Waals surface area contributed by atoms with E-state index in [1.807, 2.05) is 42.5 Å². The molecule has 0 fully saturated rings. The fourth-order valence-corrected chi connectivity index (χ4v) is 4.18. The summed E-state index contributed by atoms with van der Waals surface area (Å²) in [5.41, 5.74) is 0.690. The Balaban J connectivity index is 1.55. The van der Waals surface area contributed by atoms with Crippen molar-refractivity contribution in [1.29, 1.82) is 0 Å². The fraction of sp³-hybridized carbons (Fsp3) is 0.227. The van der Waals surface area contributed by atoms with E-state index in [9.17, 15) is 13.2 Å². The van der Waals surface area contributed by atoms with Gasteiger partial charge in [0.15, 0.2) is 6.61 Å². The van der Waals surface area contributed by atoms with Crippen LogP contribution in [0.25, 0.3) is 10.8 Å². The fourth-order valence-electron chi connectivity index (χ4n) is 2.86. The van der Waals surface area contributed by atoms with Crippen molar-refractivity contribution in [3.8, 4) is 5.75 Å². The largest absolute Gasteiger partial charge is 0.484 e. The topological polar surface area (TPSA) is 84.5 Å². The molecular weight excluding hydrogens is 388 g/mol. The Hall–Kier alpha value is -2.90. The zero-order chi connectivity index (χ0) is 20.9. The molecule has 1 amide bonds. The van der Waals surface area contributed by atoms with Gasteiger partial charge in [-0.15, -0.1) is 0 Å². The lowest BCUT2D eigenvalue weighted by Gasteiger charge is -2.11. The predicted octanol–water partition coefficient (Wildman–Crippen LogP) is 3.22. The number of sulfonamides is 1. The summed E-state index contributed by atoms with van der Waals surface area (Å²) >= 11 is 0. The molecule has 0 saturated carbocycles. The molecule has 0 unspecified atom stereocenters. The molecule has 29 heavy (non-hydrogen) atoms. The van der Waals surface area contributed by atoms with Crippen molar-refractivity contribution in [3.05, 3.63) is 72.3 Å². The summed E-state index contributed by atoms with van der Waals surface area (Å²) in [7, 11) is -3.57. The smallest absolute Gasteiger partial charge is 0.258 e. The van der Waals surface area contributed by atoms with E-state index in [-0.39, 0.29) is 30.0 Å². The van der Waals surface area contributed by atoms with E-state index in [2.05, 4.69) is 10.0 Å². The molecule has 0 radical (unpaired) electrons. The third-order valence-corrected chi connectivity index (χ3v) is 5.84. The Morgan fingerprint density at radius 1 is 0.966 bits per heavy atom. The van der Waals surface area contributed by atoms with E-state index in [1.165, 1.54) is 6.07 Å².